The van der Waals surface area contributed by atoms with Gasteiger partial charge in [0.15, 0.2) is 0 Å². The monoisotopic (exact) mass is 243 g/mol. The van der Waals surface area contributed by atoms with Crippen LogP contribution in [-0.4, -0.2) is 40.2 Å². The largest absolute Gasteiger partial charge is 0.507 e. The van der Waals surface area contributed by atoms with Gasteiger partial charge in [-0.1, -0.05) is 0 Å². The van der Waals surface area contributed by atoms with E-state index >= 15 is 0 Å². The molecule has 1 heterocycles. The summed E-state index contributed by atoms with van der Waals surface area (Å²) in [5.74, 6) is -3.52. The molecule has 1 aliphatic rings. The van der Waals surface area contributed by atoms with Crippen LogP contribution in [-0.2, 0) is 0 Å². The first-order valence-electron chi connectivity index (χ1n) is 5.14. The Morgan fingerprint density at radius 3 is 2.65 bits per heavy atom. The summed E-state index contributed by atoms with van der Waals surface area (Å²) < 4.78 is 26.1. The molecular formula is C11H11F2NO3. The molecular weight excluding hydrogens is 232 g/mol. The molecule has 6 heteroatoms. The van der Waals surface area contributed by atoms with Crippen LogP contribution < -0.4 is 0 Å². The number of nitrogens with zero attached hydrogens (tertiary/aromatic N) is 1. The van der Waals surface area contributed by atoms with Gasteiger partial charge in [-0.25, -0.2) is 8.78 Å². The minimum absolute atomic E-state index is 0.0924. The fraction of sp³-hybridized carbons (Fsp3) is 0.364. The Bertz CT molecular complexity index is 441. The van der Waals surface area contributed by atoms with E-state index in [1.54, 1.807) is 0 Å². The van der Waals surface area contributed by atoms with E-state index in [2.05, 4.69) is 0 Å². The van der Waals surface area contributed by atoms with Gasteiger partial charge in [0.2, 0.25) is 0 Å². The summed E-state index contributed by atoms with van der Waals surface area (Å²) in [7, 11) is 0. The number of halogens is 2. The van der Waals surface area contributed by atoms with Crippen LogP contribution in [0.25, 0.3) is 0 Å². The van der Waals surface area contributed by atoms with Gasteiger partial charge in [-0.05, 0) is 6.42 Å². The highest BCUT2D eigenvalue weighted by Gasteiger charge is 2.29. The number of hydrogen-bond donors (Lipinski definition) is 2. The summed E-state index contributed by atoms with van der Waals surface area (Å²) >= 11 is 0. The van der Waals surface area contributed by atoms with Crippen molar-refractivity contribution in [2.45, 2.75) is 12.5 Å². The molecule has 1 aliphatic heterocycles. The highest BCUT2D eigenvalue weighted by molar-refractivity contribution is 5.97. The molecule has 0 radical (unpaired) electrons. The number of hydrogen-bond acceptors (Lipinski definition) is 3. The number of benzene rings is 1. The number of aliphatic hydroxyl groups excluding tert-OH is 1. The zero-order valence-corrected chi connectivity index (χ0v) is 8.86. The van der Waals surface area contributed by atoms with Crippen molar-refractivity contribution in [3.05, 3.63) is 29.3 Å². The van der Waals surface area contributed by atoms with Gasteiger partial charge in [0.1, 0.15) is 22.9 Å². The van der Waals surface area contributed by atoms with E-state index in [-0.39, 0.29) is 13.1 Å². The number of aliphatic hydroxyl groups is 1. The second kappa shape index (κ2) is 4.29. The topological polar surface area (TPSA) is 60.8 Å². The van der Waals surface area contributed by atoms with Crippen LogP contribution in [0.15, 0.2) is 12.1 Å². The van der Waals surface area contributed by atoms with Crippen molar-refractivity contribution < 1.29 is 23.8 Å². The Morgan fingerprint density at radius 2 is 2.12 bits per heavy atom. The van der Waals surface area contributed by atoms with E-state index in [9.17, 15) is 23.8 Å². The minimum Gasteiger partial charge on any atom is -0.507 e. The van der Waals surface area contributed by atoms with Crippen molar-refractivity contribution in [2.75, 3.05) is 13.1 Å². The Labute approximate surface area is 96.1 Å². The maximum absolute atomic E-state index is 13.4. The standard InChI is InChI=1S/C11H11F2NO3/c12-6-3-8(13)10(9(16)4-6)11(17)14-2-1-7(15)5-14/h3-4,7,15-16H,1-2,5H2/t7-/m1/s1. The summed E-state index contributed by atoms with van der Waals surface area (Å²) in [4.78, 5) is 13.1. The minimum atomic E-state index is -1.10. The molecule has 1 saturated heterocycles. The van der Waals surface area contributed by atoms with E-state index in [1.807, 2.05) is 0 Å². The molecule has 2 N–H and O–H groups in total. The third kappa shape index (κ3) is 2.21. The fourth-order valence-electron chi connectivity index (χ4n) is 1.86. The lowest BCUT2D eigenvalue weighted by atomic mass is 10.1. The molecule has 0 aromatic heterocycles. The van der Waals surface area contributed by atoms with Gasteiger partial charge in [0.05, 0.1) is 6.10 Å². The number of rotatable bonds is 1. The van der Waals surface area contributed by atoms with Gasteiger partial charge in [-0.2, -0.15) is 0 Å². The van der Waals surface area contributed by atoms with Crippen LogP contribution in [0.1, 0.15) is 16.8 Å². The van der Waals surface area contributed by atoms with Gasteiger partial charge < -0.3 is 15.1 Å². The first-order valence-corrected chi connectivity index (χ1v) is 5.14. The first kappa shape index (κ1) is 11.8. The van der Waals surface area contributed by atoms with Crippen LogP contribution in [0.3, 0.4) is 0 Å². The summed E-state index contributed by atoms with van der Waals surface area (Å²) in [6, 6.07) is 1.22. The molecule has 1 atom stereocenters. The SMILES string of the molecule is O=C(c1c(O)cc(F)cc1F)N1CC[C@@H](O)C1. The summed E-state index contributed by atoms with van der Waals surface area (Å²) in [6.45, 7) is 0.380. The first-order chi connectivity index (χ1) is 7.99. The Kier molecular flexibility index (Phi) is 2.97. The van der Waals surface area contributed by atoms with Gasteiger partial charge in [0, 0.05) is 25.2 Å². The molecule has 1 amide bonds. The average Bonchev–Trinajstić information content (AvgIpc) is 2.63. The van der Waals surface area contributed by atoms with Gasteiger partial charge in [0.25, 0.3) is 5.91 Å². The number of β-amino-alcohol motifs (C(OH)–C–C–N with tert-alkyl or cyclic N) is 1. The van der Waals surface area contributed by atoms with E-state index in [1.165, 1.54) is 4.90 Å². The molecule has 92 valence electrons. The fourth-order valence-corrected chi connectivity index (χ4v) is 1.86. The number of likely N-dealkylation sites (tertiary alicyclic amines) is 1. The molecule has 1 aromatic carbocycles. The summed E-state index contributed by atoms with van der Waals surface area (Å²) in [5, 5.41) is 18.6. The third-order valence-electron chi connectivity index (χ3n) is 2.70. The third-order valence-corrected chi connectivity index (χ3v) is 2.70. The molecule has 17 heavy (non-hydrogen) atoms. The van der Waals surface area contributed by atoms with E-state index < -0.39 is 35.0 Å². The molecule has 0 unspecified atom stereocenters. The Hall–Kier alpha value is -1.69. The second-order valence-electron chi connectivity index (χ2n) is 3.98. The molecule has 0 bridgehead atoms. The molecule has 2 rings (SSSR count). The van der Waals surface area contributed by atoms with Crippen molar-refractivity contribution >= 4 is 5.91 Å². The number of phenolic OH excluding ortho intramolecular Hbond substituents is 1. The Balaban J connectivity index is 2.31. The molecule has 1 aromatic rings. The lowest BCUT2D eigenvalue weighted by molar-refractivity contribution is 0.0757. The van der Waals surface area contributed by atoms with Crippen LogP contribution in [0.2, 0.25) is 0 Å². The van der Waals surface area contributed by atoms with E-state index in [0.717, 1.165) is 0 Å². The zero-order chi connectivity index (χ0) is 12.6. The van der Waals surface area contributed by atoms with E-state index in [4.69, 9.17) is 0 Å². The average molecular weight is 243 g/mol. The lowest BCUT2D eigenvalue weighted by Gasteiger charge is -2.16. The number of carbonyl (C=O) groups excluding carboxylic acids is 1. The smallest absolute Gasteiger partial charge is 0.260 e. The normalized spacial score (nSPS) is 19.7. The predicted octanol–water partition coefficient (Wildman–Crippen LogP) is 0.877. The molecule has 0 aliphatic carbocycles. The highest BCUT2D eigenvalue weighted by atomic mass is 19.1. The maximum Gasteiger partial charge on any atom is 0.260 e. The van der Waals surface area contributed by atoms with Crippen LogP contribution in [0, 0.1) is 11.6 Å². The summed E-state index contributed by atoms with van der Waals surface area (Å²) in [6.07, 6.45) is -0.223. The van der Waals surface area contributed by atoms with Gasteiger partial charge >= 0.3 is 0 Å². The van der Waals surface area contributed by atoms with Gasteiger partial charge in [-0.15, -0.1) is 0 Å². The summed E-state index contributed by atoms with van der Waals surface area (Å²) in [5.41, 5.74) is -0.555. The van der Waals surface area contributed by atoms with Crippen molar-refractivity contribution in [3.8, 4) is 5.75 Å². The Morgan fingerprint density at radius 1 is 1.41 bits per heavy atom. The van der Waals surface area contributed by atoms with Crippen LogP contribution >= 0.6 is 0 Å². The number of phenols is 1. The van der Waals surface area contributed by atoms with Crippen LogP contribution in [0.4, 0.5) is 8.78 Å². The van der Waals surface area contributed by atoms with Crippen molar-refractivity contribution in [3.63, 3.8) is 0 Å². The molecule has 1 fully saturated rings. The molecule has 0 saturated carbocycles. The number of carbonyl (C=O) groups is 1. The van der Waals surface area contributed by atoms with Crippen molar-refractivity contribution in [2.24, 2.45) is 0 Å². The quantitative estimate of drug-likeness (QED) is 0.769. The lowest BCUT2D eigenvalue weighted by Crippen LogP contribution is -2.30. The van der Waals surface area contributed by atoms with Crippen LogP contribution in [0.5, 0.6) is 5.75 Å². The maximum atomic E-state index is 13.4. The molecule has 4 nitrogen and oxygen atoms in total. The van der Waals surface area contributed by atoms with E-state index in [0.29, 0.717) is 18.6 Å². The number of aromatic hydroxyl groups is 1. The van der Waals surface area contributed by atoms with Gasteiger partial charge in [-0.3, -0.25) is 4.79 Å². The van der Waals surface area contributed by atoms with Crippen molar-refractivity contribution in [1.82, 2.24) is 4.90 Å². The zero-order valence-electron chi connectivity index (χ0n) is 8.86. The highest BCUT2D eigenvalue weighted by Crippen LogP contribution is 2.25. The predicted molar refractivity (Wildman–Crippen MR) is 54.6 cm³/mol. The van der Waals surface area contributed by atoms with Crippen molar-refractivity contribution in [1.29, 1.82) is 0 Å². The molecule has 0 spiro atoms. The second-order valence-corrected chi connectivity index (χ2v) is 3.98. The number of amides is 1.